The second kappa shape index (κ2) is 10.1. The molecule has 1 aliphatic carbocycles. The Balaban J connectivity index is 1.44. The van der Waals surface area contributed by atoms with Gasteiger partial charge in [-0.1, -0.05) is 72.8 Å². The highest BCUT2D eigenvalue weighted by Gasteiger charge is 2.66. The summed E-state index contributed by atoms with van der Waals surface area (Å²) in [5.74, 6) is 1.30. The summed E-state index contributed by atoms with van der Waals surface area (Å²) in [5.41, 5.74) is 9.68. The summed E-state index contributed by atoms with van der Waals surface area (Å²) in [7, 11) is 0. The van der Waals surface area contributed by atoms with Crippen molar-refractivity contribution in [3.8, 4) is 5.75 Å². The highest BCUT2D eigenvalue weighted by Crippen LogP contribution is 2.56. The molecule has 3 N–H and O–H groups in total. The van der Waals surface area contributed by atoms with Crippen molar-refractivity contribution in [3.63, 3.8) is 0 Å². The number of piperidine rings is 2. The number of hydrogen-bond acceptors (Lipinski definition) is 4. The number of nitrogens with zero attached hydrogens (tertiary/aromatic N) is 1. The standard InChI is InChI=1S/C34H41N3O2/c1-33(2,3)39-27-16-14-25(15-17-27)22-37-31-29(32(35)38)26-18-28(30(31)36-21-26)34(37,19-23-10-6-4-7-11-23)20-24-12-8-5-9-13-24/h4-17,26,28-31,36H,18-22H2,1-3H3,(H2,35,38). The zero-order valence-electron chi connectivity index (χ0n) is 23.3. The zero-order valence-corrected chi connectivity index (χ0v) is 23.3. The zero-order chi connectivity index (χ0) is 27.2. The van der Waals surface area contributed by atoms with Crippen molar-refractivity contribution in [2.75, 3.05) is 6.54 Å². The number of carbonyl (C=O) groups is 1. The quantitative estimate of drug-likeness (QED) is 0.437. The predicted molar refractivity (Wildman–Crippen MR) is 155 cm³/mol. The Kier molecular flexibility index (Phi) is 6.76. The molecule has 5 nitrogen and oxygen atoms in total. The molecule has 4 bridgehead atoms. The highest BCUT2D eigenvalue weighted by atomic mass is 16.5. The Morgan fingerprint density at radius 3 is 2.05 bits per heavy atom. The molecule has 0 radical (unpaired) electrons. The van der Waals surface area contributed by atoms with E-state index in [0.29, 0.717) is 5.92 Å². The minimum atomic E-state index is -0.242. The first-order valence-electron chi connectivity index (χ1n) is 14.4. The summed E-state index contributed by atoms with van der Waals surface area (Å²) in [6.45, 7) is 7.85. The van der Waals surface area contributed by atoms with Gasteiger partial charge in [0.2, 0.25) is 5.91 Å². The van der Waals surface area contributed by atoms with Gasteiger partial charge >= 0.3 is 0 Å². The number of nitrogens with two attached hydrogens (primary N) is 1. The van der Waals surface area contributed by atoms with Gasteiger partial charge in [0.1, 0.15) is 11.4 Å². The molecular formula is C34H41N3O2. The van der Waals surface area contributed by atoms with Gasteiger partial charge in [-0.2, -0.15) is 0 Å². The van der Waals surface area contributed by atoms with Crippen molar-refractivity contribution in [2.45, 2.75) is 69.8 Å². The molecular weight excluding hydrogens is 482 g/mol. The number of fused-ring (bicyclic) bond motifs is 1. The molecule has 3 aromatic rings. The number of primary amides is 1. The van der Waals surface area contributed by atoms with E-state index in [2.05, 4.69) is 116 Å². The van der Waals surface area contributed by atoms with Crippen molar-refractivity contribution in [2.24, 2.45) is 23.5 Å². The Morgan fingerprint density at radius 1 is 0.923 bits per heavy atom. The molecule has 39 heavy (non-hydrogen) atoms. The molecule has 5 heteroatoms. The molecule has 5 atom stereocenters. The second-order valence-corrected chi connectivity index (χ2v) is 12.9. The minimum Gasteiger partial charge on any atom is -0.488 e. The molecule has 4 aliphatic rings. The first-order valence-corrected chi connectivity index (χ1v) is 14.4. The van der Waals surface area contributed by atoms with Crippen LogP contribution in [0.3, 0.4) is 0 Å². The van der Waals surface area contributed by atoms with Gasteiger partial charge in [0, 0.05) is 24.2 Å². The molecule has 0 spiro atoms. The van der Waals surface area contributed by atoms with Crippen molar-refractivity contribution in [1.29, 1.82) is 0 Å². The lowest BCUT2D eigenvalue weighted by atomic mass is 9.62. The van der Waals surface area contributed by atoms with E-state index in [0.717, 1.165) is 38.1 Å². The Labute approximate surface area is 232 Å². The Bertz CT molecular complexity index is 1240. The van der Waals surface area contributed by atoms with Gasteiger partial charge in [-0.25, -0.2) is 0 Å². The third-order valence-electron chi connectivity index (χ3n) is 9.21. The van der Waals surface area contributed by atoms with Crippen LogP contribution in [0.25, 0.3) is 0 Å². The molecule has 5 unspecified atom stereocenters. The first kappa shape index (κ1) is 26.1. The van der Waals surface area contributed by atoms with Crippen molar-refractivity contribution in [3.05, 3.63) is 102 Å². The summed E-state index contributed by atoms with van der Waals surface area (Å²) >= 11 is 0. The molecule has 3 aliphatic heterocycles. The van der Waals surface area contributed by atoms with Gasteiger partial charge in [0.05, 0.1) is 5.92 Å². The summed E-state index contributed by atoms with van der Waals surface area (Å²) in [4.78, 5) is 15.7. The average Bonchev–Trinajstić information content (AvgIpc) is 3.10. The van der Waals surface area contributed by atoms with Crippen LogP contribution in [-0.4, -0.2) is 40.6 Å². The highest BCUT2D eigenvalue weighted by molar-refractivity contribution is 5.78. The van der Waals surface area contributed by atoms with Gasteiger partial charge < -0.3 is 15.8 Å². The number of hydrogen-bond donors (Lipinski definition) is 2. The number of nitrogens with one attached hydrogen (secondary N) is 1. The van der Waals surface area contributed by atoms with Crippen LogP contribution in [0.2, 0.25) is 0 Å². The summed E-state index contributed by atoms with van der Waals surface area (Å²) in [6.07, 6.45) is 2.91. The maximum atomic E-state index is 13.0. The van der Waals surface area contributed by atoms with E-state index in [9.17, 15) is 4.79 Å². The van der Waals surface area contributed by atoms with E-state index in [-0.39, 0.29) is 41.0 Å². The third kappa shape index (κ3) is 4.99. The lowest BCUT2D eigenvalue weighted by molar-refractivity contribution is -0.129. The van der Waals surface area contributed by atoms with Crippen LogP contribution in [0.4, 0.5) is 0 Å². The number of amides is 1. The van der Waals surface area contributed by atoms with E-state index < -0.39 is 0 Å². The predicted octanol–water partition coefficient (Wildman–Crippen LogP) is 4.98. The fourth-order valence-electron chi connectivity index (χ4n) is 7.87. The number of carbonyl (C=O) groups excluding carboxylic acids is 1. The topological polar surface area (TPSA) is 67.6 Å². The van der Waals surface area contributed by atoms with Gasteiger partial charge in [0.15, 0.2) is 0 Å². The Morgan fingerprint density at radius 2 is 1.51 bits per heavy atom. The fourth-order valence-corrected chi connectivity index (χ4v) is 7.87. The second-order valence-electron chi connectivity index (χ2n) is 12.9. The normalized spacial score (nSPS) is 27.4. The van der Waals surface area contributed by atoms with E-state index >= 15 is 0 Å². The van der Waals surface area contributed by atoms with E-state index in [4.69, 9.17) is 10.5 Å². The molecule has 7 rings (SSSR count). The molecule has 3 heterocycles. The molecule has 0 aromatic heterocycles. The number of benzene rings is 3. The maximum absolute atomic E-state index is 13.0. The lowest BCUT2D eigenvalue weighted by Crippen LogP contribution is -2.64. The van der Waals surface area contributed by atoms with Crippen molar-refractivity contribution in [1.82, 2.24) is 10.2 Å². The van der Waals surface area contributed by atoms with Crippen molar-refractivity contribution >= 4 is 5.91 Å². The van der Waals surface area contributed by atoms with Crippen LogP contribution >= 0.6 is 0 Å². The average molecular weight is 524 g/mol. The summed E-state index contributed by atoms with van der Waals surface area (Å²) in [5, 5.41) is 3.87. The number of ether oxygens (including phenoxy) is 1. The summed E-state index contributed by atoms with van der Waals surface area (Å²) < 4.78 is 6.10. The van der Waals surface area contributed by atoms with Crippen LogP contribution in [0, 0.1) is 17.8 Å². The van der Waals surface area contributed by atoms with Crippen molar-refractivity contribution < 1.29 is 9.53 Å². The Hall–Kier alpha value is -3.15. The lowest BCUT2D eigenvalue weighted by Gasteiger charge is -2.48. The monoisotopic (exact) mass is 523 g/mol. The molecule has 204 valence electrons. The third-order valence-corrected chi connectivity index (χ3v) is 9.21. The molecule has 4 fully saturated rings. The molecule has 1 saturated carbocycles. The van der Waals surface area contributed by atoms with Gasteiger partial charge in [-0.15, -0.1) is 0 Å². The van der Waals surface area contributed by atoms with Gasteiger partial charge in [-0.3, -0.25) is 9.69 Å². The van der Waals surface area contributed by atoms with Gasteiger partial charge in [0.25, 0.3) is 0 Å². The van der Waals surface area contributed by atoms with E-state index in [1.165, 1.54) is 16.7 Å². The van der Waals surface area contributed by atoms with Gasteiger partial charge in [-0.05, 0) is 87.2 Å². The van der Waals surface area contributed by atoms with E-state index in [1.54, 1.807) is 0 Å². The number of likely N-dealkylation sites (tertiary alicyclic amines) is 1. The molecule has 3 saturated heterocycles. The number of rotatable bonds is 8. The largest absolute Gasteiger partial charge is 0.488 e. The van der Waals surface area contributed by atoms with Crippen LogP contribution in [0.1, 0.15) is 43.9 Å². The molecule has 3 aromatic carbocycles. The first-order chi connectivity index (χ1) is 18.7. The van der Waals surface area contributed by atoms with Crippen LogP contribution in [-0.2, 0) is 24.2 Å². The van der Waals surface area contributed by atoms with Crippen LogP contribution in [0.15, 0.2) is 84.9 Å². The fraction of sp³-hybridized carbons (Fsp3) is 0.441. The molecule has 1 amide bonds. The minimum absolute atomic E-state index is 0.0814. The van der Waals surface area contributed by atoms with Crippen LogP contribution < -0.4 is 15.8 Å². The SMILES string of the molecule is CC(C)(C)Oc1ccc(CN2C3C4NCC(CC4C2(Cc2ccccc2)Cc2ccccc2)C3C(N)=O)cc1. The van der Waals surface area contributed by atoms with Crippen LogP contribution in [0.5, 0.6) is 5.75 Å². The maximum Gasteiger partial charge on any atom is 0.222 e. The smallest absolute Gasteiger partial charge is 0.222 e. The summed E-state index contributed by atoms with van der Waals surface area (Å²) in [6, 6.07) is 30.6. The van der Waals surface area contributed by atoms with E-state index in [1.807, 2.05) is 0 Å².